The highest BCUT2D eigenvalue weighted by molar-refractivity contribution is 14.0. The first-order valence-corrected chi connectivity index (χ1v) is 8.87. The van der Waals surface area contributed by atoms with Gasteiger partial charge in [0, 0.05) is 35.8 Å². The van der Waals surface area contributed by atoms with Crippen LogP contribution in [0.5, 0.6) is 0 Å². The van der Waals surface area contributed by atoms with E-state index >= 15 is 0 Å². The molecular formula is C17H27IN6S. The molecule has 6 nitrogen and oxygen atoms in total. The van der Waals surface area contributed by atoms with Gasteiger partial charge in [-0.05, 0) is 32.9 Å². The van der Waals surface area contributed by atoms with Gasteiger partial charge in [0.25, 0.3) is 0 Å². The molecule has 0 aliphatic carbocycles. The number of thiophene rings is 1. The lowest BCUT2D eigenvalue weighted by molar-refractivity contribution is 0.645. The van der Waals surface area contributed by atoms with Crippen LogP contribution < -0.4 is 10.6 Å². The molecule has 2 heterocycles. The van der Waals surface area contributed by atoms with Crippen molar-refractivity contribution in [2.45, 2.75) is 39.8 Å². The fourth-order valence-corrected chi connectivity index (χ4v) is 3.26. The Morgan fingerprint density at radius 2 is 2.16 bits per heavy atom. The molecule has 0 aliphatic rings. The Labute approximate surface area is 170 Å². The predicted molar refractivity (Wildman–Crippen MR) is 116 cm³/mol. The van der Waals surface area contributed by atoms with Crippen molar-refractivity contribution < 1.29 is 0 Å². The molecular weight excluding hydrogens is 447 g/mol. The molecule has 0 amide bonds. The van der Waals surface area contributed by atoms with Crippen LogP contribution in [0.1, 0.15) is 28.3 Å². The van der Waals surface area contributed by atoms with Gasteiger partial charge in [-0.3, -0.25) is 0 Å². The Kier molecular flexibility index (Phi) is 9.12. The number of nitrogens with one attached hydrogen (secondary N) is 2. The highest BCUT2D eigenvalue weighted by Crippen LogP contribution is 2.16. The molecule has 2 N–H and O–H groups in total. The molecule has 2 aromatic heterocycles. The monoisotopic (exact) mass is 474 g/mol. The zero-order chi connectivity index (χ0) is 17.5. The van der Waals surface area contributed by atoms with E-state index in [0.29, 0.717) is 13.1 Å². The maximum absolute atomic E-state index is 4.62. The Balaban J connectivity index is 0.00000312. The highest BCUT2D eigenvalue weighted by Gasteiger charge is 2.09. The fraction of sp³-hybridized carbons (Fsp3) is 0.471. The lowest BCUT2D eigenvalue weighted by Gasteiger charge is -2.17. The summed E-state index contributed by atoms with van der Waals surface area (Å²) in [7, 11) is 1.95. The van der Waals surface area contributed by atoms with E-state index in [1.807, 2.05) is 36.0 Å². The Bertz CT molecular complexity index is 706. The van der Waals surface area contributed by atoms with Crippen LogP contribution in [0, 0.1) is 13.8 Å². The van der Waals surface area contributed by atoms with Crippen LogP contribution in [0.2, 0.25) is 0 Å². The van der Waals surface area contributed by atoms with E-state index in [-0.39, 0.29) is 30.0 Å². The Hall–Kier alpha value is -1.42. The number of hydrogen-bond donors (Lipinski definition) is 2. The number of nitrogens with zero attached hydrogens (tertiary/aromatic N) is 4. The topological polar surface area (TPSA) is 67.1 Å². The van der Waals surface area contributed by atoms with Gasteiger partial charge in [0.15, 0.2) is 11.8 Å². The van der Waals surface area contributed by atoms with Crippen molar-refractivity contribution >= 4 is 41.3 Å². The third-order valence-corrected chi connectivity index (χ3v) is 4.68. The van der Waals surface area contributed by atoms with Crippen molar-refractivity contribution in [3.63, 3.8) is 0 Å². The molecule has 25 heavy (non-hydrogen) atoms. The van der Waals surface area contributed by atoms with Crippen LogP contribution >= 0.6 is 35.3 Å². The number of halogens is 1. The zero-order valence-electron chi connectivity index (χ0n) is 15.2. The number of hydrogen-bond acceptors (Lipinski definition) is 4. The summed E-state index contributed by atoms with van der Waals surface area (Å²) < 4.78 is 1.95. The molecule has 0 spiro atoms. The normalized spacial score (nSPS) is 12.4. The van der Waals surface area contributed by atoms with Gasteiger partial charge in [-0.15, -0.1) is 52.1 Å². The lowest BCUT2D eigenvalue weighted by Crippen LogP contribution is -2.43. The van der Waals surface area contributed by atoms with Crippen LogP contribution in [0.3, 0.4) is 0 Å². The van der Waals surface area contributed by atoms with E-state index in [1.165, 1.54) is 9.75 Å². The van der Waals surface area contributed by atoms with E-state index < -0.39 is 0 Å². The van der Waals surface area contributed by atoms with Crippen LogP contribution in [0.4, 0.5) is 0 Å². The minimum Gasteiger partial charge on any atom is -0.354 e. The van der Waals surface area contributed by atoms with Gasteiger partial charge in [-0.25, -0.2) is 4.99 Å². The maximum Gasteiger partial charge on any atom is 0.192 e. The Morgan fingerprint density at radius 1 is 1.40 bits per heavy atom. The third-order valence-electron chi connectivity index (χ3n) is 3.66. The summed E-state index contributed by atoms with van der Waals surface area (Å²) in [5.41, 5.74) is 0. The average molecular weight is 474 g/mol. The average Bonchev–Trinajstić information content (AvgIpc) is 3.09. The predicted octanol–water partition coefficient (Wildman–Crippen LogP) is 2.96. The van der Waals surface area contributed by atoms with E-state index in [9.17, 15) is 0 Å². The summed E-state index contributed by atoms with van der Waals surface area (Å²) in [4.78, 5) is 7.33. The largest absolute Gasteiger partial charge is 0.354 e. The standard InChI is InChI=1S/C17H26N6S.HI/c1-6-9-18-17(19-11-16-22-21-14(4)23(16)5)20-12(2)10-15-8-7-13(3)24-15;/h6-8,12H,1,9-11H2,2-5H3,(H2,18,19,20);1H. The molecule has 2 rings (SSSR count). The van der Waals surface area contributed by atoms with Crippen LogP contribution in [-0.2, 0) is 20.0 Å². The number of aryl methyl sites for hydroxylation is 2. The number of aliphatic imine (C=N–C) groups is 1. The van der Waals surface area contributed by atoms with Crippen LogP contribution in [-0.4, -0.2) is 33.3 Å². The third kappa shape index (κ3) is 6.77. The minimum absolute atomic E-state index is 0. The van der Waals surface area contributed by atoms with Crippen LogP contribution in [0.25, 0.3) is 0 Å². The van der Waals surface area contributed by atoms with Gasteiger partial charge in [-0.1, -0.05) is 6.08 Å². The first-order chi connectivity index (χ1) is 11.5. The van der Waals surface area contributed by atoms with E-state index in [0.717, 1.165) is 24.0 Å². The molecule has 138 valence electrons. The smallest absolute Gasteiger partial charge is 0.192 e. The van der Waals surface area contributed by atoms with Crippen molar-refractivity contribution in [1.29, 1.82) is 0 Å². The zero-order valence-corrected chi connectivity index (χ0v) is 18.4. The summed E-state index contributed by atoms with van der Waals surface area (Å²) >= 11 is 1.84. The summed E-state index contributed by atoms with van der Waals surface area (Å²) in [5, 5.41) is 14.9. The van der Waals surface area contributed by atoms with Crippen molar-refractivity contribution in [3.8, 4) is 0 Å². The summed E-state index contributed by atoms with van der Waals surface area (Å²) in [6.45, 7) is 11.1. The summed E-state index contributed by atoms with van der Waals surface area (Å²) in [6.07, 6.45) is 2.79. The molecule has 1 atom stereocenters. The van der Waals surface area contributed by atoms with Gasteiger partial charge < -0.3 is 15.2 Å². The molecule has 0 radical (unpaired) electrons. The number of aromatic nitrogens is 3. The molecule has 0 fully saturated rings. The first-order valence-electron chi connectivity index (χ1n) is 8.05. The second kappa shape index (κ2) is 10.5. The van der Waals surface area contributed by atoms with Gasteiger partial charge in [0.05, 0.1) is 0 Å². The number of rotatable bonds is 7. The fourth-order valence-electron chi connectivity index (χ4n) is 2.24. The molecule has 0 saturated carbocycles. The quantitative estimate of drug-likeness (QED) is 0.280. The molecule has 0 aliphatic heterocycles. The minimum atomic E-state index is 0. The molecule has 0 saturated heterocycles. The highest BCUT2D eigenvalue weighted by atomic mass is 127. The second-order valence-electron chi connectivity index (χ2n) is 5.82. The molecule has 2 aromatic rings. The van der Waals surface area contributed by atoms with Crippen LogP contribution in [0.15, 0.2) is 29.8 Å². The van der Waals surface area contributed by atoms with Gasteiger partial charge >= 0.3 is 0 Å². The summed E-state index contributed by atoms with van der Waals surface area (Å²) in [5.74, 6) is 2.49. The van der Waals surface area contributed by atoms with Crippen molar-refractivity contribution in [2.75, 3.05) is 6.54 Å². The van der Waals surface area contributed by atoms with Crippen molar-refractivity contribution in [1.82, 2.24) is 25.4 Å². The maximum atomic E-state index is 4.62. The van der Waals surface area contributed by atoms with Gasteiger partial charge in [0.1, 0.15) is 12.4 Å². The van der Waals surface area contributed by atoms with Crippen molar-refractivity contribution in [3.05, 3.63) is 46.2 Å². The van der Waals surface area contributed by atoms with Gasteiger partial charge in [0.2, 0.25) is 0 Å². The van der Waals surface area contributed by atoms with E-state index in [2.05, 4.69) is 58.4 Å². The number of guanidine groups is 1. The second-order valence-corrected chi connectivity index (χ2v) is 7.19. The molecule has 8 heteroatoms. The first kappa shape index (κ1) is 21.6. The van der Waals surface area contributed by atoms with E-state index in [1.54, 1.807) is 0 Å². The summed E-state index contributed by atoms with van der Waals surface area (Å²) in [6, 6.07) is 4.63. The Morgan fingerprint density at radius 3 is 2.72 bits per heavy atom. The lowest BCUT2D eigenvalue weighted by atomic mass is 10.2. The molecule has 0 aromatic carbocycles. The molecule has 0 bridgehead atoms. The van der Waals surface area contributed by atoms with Gasteiger partial charge in [-0.2, -0.15) is 0 Å². The van der Waals surface area contributed by atoms with E-state index in [4.69, 9.17) is 0 Å². The molecule has 1 unspecified atom stereocenters. The van der Waals surface area contributed by atoms with Crippen molar-refractivity contribution in [2.24, 2.45) is 12.0 Å². The SMILES string of the molecule is C=CCNC(=NCc1nnc(C)n1C)NC(C)Cc1ccc(C)s1.I.